The van der Waals surface area contributed by atoms with E-state index in [1.165, 1.54) is 18.2 Å². The fourth-order valence-corrected chi connectivity index (χ4v) is 2.62. The van der Waals surface area contributed by atoms with E-state index in [9.17, 15) is 20.0 Å². The Kier molecular flexibility index (Phi) is 5.50. The summed E-state index contributed by atoms with van der Waals surface area (Å²) in [5.41, 5.74) is 3.09. The third kappa shape index (κ3) is 4.42. The summed E-state index contributed by atoms with van der Waals surface area (Å²) in [4.78, 5) is 22.4. The number of non-ortho nitro benzene ring substituents is 1. The molecule has 0 spiro atoms. The molecule has 3 N–H and O–H groups in total. The van der Waals surface area contributed by atoms with Crippen molar-refractivity contribution in [1.29, 1.82) is 0 Å². The number of carbonyl (C=O) groups is 1. The standard InChI is InChI=1S/C20H18N4O4/c1-13(22-17-7-6-14-4-2-3-5-15(14)10-17)20(26)23-21-12-16-11-18(24(27)28)8-9-19(16)25/h2-13,22,25H,1H3,(H,23,26)/b21-12+/t13-/m1/s1. The molecule has 3 rings (SSSR count). The van der Waals surface area contributed by atoms with E-state index in [0.29, 0.717) is 0 Å². The number of phenolic OH excluding ortho intramolecular Hbond substituents is 1. The number of rotatable bonds is 6. The maximum Gasteiger partial charge on any atom is 0.270 e. The zero-order chi connectivity index (χ0) is 20.1. The molecule has 0 aliphatic rings. The second-order valence-electron chi connectivity index (χ2n) is 6.16. The van der Waals surface area contributed by atoms with E-state index in [2.05, 4.69) is 15.8 Å². The molecule has 0 saturated heterocycles. The van der Waals surface area contributed by atoms with Crippen molar-refractivity contribution in [1.82, 2.24) is 5.43 Å². The second-order valence-corrected chi connectivity index (χ2v) is 6.16. The Morgan fingerprint density at radius 1 is 1.14 bits per heavy atom. The van der Waals surface area contributed by atoms with E-state index in [0.717, 1.165) is 22.7 Å². The molecule has 0 fully saturated rings. The number of benzene rings is 3. The van der Waals surface area contributed by atoms with Gasteiger partial charge >= 0.3 is 0 Å². The highest BCUT2D eigenvalue weighted by atomic mass is 16.6. The Morgan fingerprint density at radius 2 is 1.89 bits per heavy atom. The SMILES string of the molecule is C[C@@H](Nc1ccc2ccccc2c1)C(=O)N/N=C/c1cc([N+](=O)[O-])ccc1O. The van der Waals surface area contributed by atoms with Crippen LogP contribution in [0, 0.1) is 10.1 Å². The summed E-state index contributed by atoms with van der Waals surface area (Å²) in [5.74, 6) is -0.569. The summed E-state index contributed by atoms with van der Waals surface area (Å²) in [7, 11) is 0. The number of amides is 1. The van der Waals surface area contributed by atoms with Crippen LogP contribution in [0.1, 0.15) is 12.5 Å². The molecule has 142 valence electrons. The van der Waals surface area contributed by atoms with Gasteiger partial charge < -0.3 is 10.4 Å². The van der Waals surface area contributed by atoms with E-state index in [1.54, 1.807) is 6.92 Å². The molecule has 0 aromatic heterocycles. The number of aromatic hydroxyl groups is 1. The lowest BCUT2D eigenvalue weighted by Gasteiger charge is -2.14. The quantitative estimate of drug-likeness (QED) is 0.345. The second kappa shape index (κ2) is 8.17. The first-order valence-electron chi connectivity index (χ1n) is 8.50. The zero-order valence-corrected chi connectivity index (χ0v) is 15.0. The van der Waals surface area contributed by atoms with Crippen LogP contribution in [-0.4, -0.2) is 28.2 Å². The molecule has 3 aromatic carbocycles. The lowest BCUT2D eigenvalue weighted by molar-refractivity contribution is -0.384. The van der Waals surface area contributed by atoms with Gasteiger partial charge in [-0.1, -0.05) is 30.3 Å². The van der Waals surface area contributed by atoms with E-state index in [-0.39, 0.29) is 17.0 Å². The maximum absolute atomic E-state index is 12.2. The molecule has 0 heterocycles. The first kappa shape index (κ1) is 18.8. The van der Waals surface area contributed by atoms with Crippen molar-refractivity contribution in [2.75, 3.05) is 5.32 Å². The molecule has 0 saturated carbocycles. The molecule has 1 atom stereocenters. The summed E-state index contributed by atoms with van der Waals surface area (Å²) < 4.78 is 0. The zero-order valence-electron chi connectivity index (χ0n) is 15.0. The number of nitro benzene ring substituents is 1. The van der Waals surface area contributed by atoms with E-state index in [4.69, 9.17) is 0 Å². The average Bonchev–Trinajstić information content (AvgIpc) is 2.69. The third-order valence-electron chi connectivity index (χ3n) is 4.13. The Morgan fingerprint density at radius 3 is 2.64 bits per heavy atom. The van der Waals surface area contributed by atoms with E-state index in [1.807, 2.05) is 42.5 Å². The summed E-state index contributed by atoms with van der Waals surface area (Å²) in [6.45, 7) is 1.69. The van der Waals surface area contributed by atoms with Gasteiger partial charge in [-0.2, -0.15) is 5.10 Å². The van der Waals surface area contributed by atoms with Crippen LogP contribution in [0.5, 0.6) is 5.75 Å². The lowest BCUT2D eigenvalue weighted by Crippen LogP contribution is -2.34. The number of hydrogen-bond acceptors (Lipinski definition) is 6. The molecule has 3 aromatic rings. The number of nitro groups is 1. The maximum atomic E-state index is 12.2. The fourth-order valence-electron chi connectivity index (χ4n) is 2.62. The van der Waals surface area contributed by atoms with Crippen LogP contribution >= 0.6 is 0 Å². The highest BCUT2D eigenvalue weighted by molar-refractivity contribution is 5.89. The fraction of sp³-hybridized carbons (Fsp3) is 0.100. The first-order valence-corrected chi connectivity index (χ1v) is 8.50. The van der Waals surface area contributed by atoms with Crippen molar-refractivity contribution in [2.24, 2.45) is 5.10 Å². The molecule has 0 unspecified atom stereocenters. The molecular formula is C20H18N4O4. The van der Waals surface area contributed by atoms with Crippen LogP contribution in [0.4, 0.5) is 11.4 Å². The summed E-state index contributed by atoms with van der Waals surface area (Å²) in [6, 6.07) is 16.7. The van der Waals surface area contributed by atoms with Gasteiger partial charge in [-0.3, -0.25) is 14.9 Å². The van der Waals surface area contributed by atoms with Crippen LogP contribution < -0.4 is 10.7 Å². The number of hydrazone groups is 1. The van der Waals surface area contributed by atoms with Crippen LogP contribution in [0.3, 0.4) is 0 Å². The first-order chi connectivity index (χ1) is 13.4. The van der Waals surface area contributed by atoms with Gasteiger partial charge in [0.2, 0.25) is 0 Å². The van der Waals surface area contributed by atoms with E-state index < -0.39 is 16.9 Å². The van der Waals surface area contributed by atoms with Gasteiger partial charge in [0.25, 0.3) is 11.6 Å². The molecule has 28 heavy (non-hydrogen) atoms. The van der Waals surface area contributed by atoms with Crippen LogP contribution in [0.25, 0.3) is 10.8 Å². The van der Waals surface area contributed by atoms with Crippen LogP contribution in [-0.2, 0) is 4.79 Å². The highest BCUT2D eigenvalue weighted by Crippen LogP contribution is 2.21. The van der Waals surface area contributed by atoms with Crippen molar-refractivity contribution in [2.45, 2.75) is 13.0 Å². The highest BCUT2D eigenvalue weighted by Gasteiger charge is 2.12. The number of phenols is 1. The van der Waals surface area contributed by atoms with E-state index >= 15 is 0 Å². The monoisotopic (exact) mass is 378 g/mol. The minimum Gasteiger partial charge on any atom is -0.507 e. The largest absolute Gasteiger partial charge is 0.507 e. The molecule has 0 aliphatic heterocycles. The van der Waals surface area contributed by atoms with Gasteiger partial charge in [0.15, 0.2) is 0 Å². The number of nitrogens with zero attached hydrogens (tertiary/aromatic N) is 2. The minimum atomic E-state index is -0.578. The Hall–Kier alpha value is -3.94. The third-order valence-corrected chi connectivity index (χ3v) is 4.13. The lowest BCUT2D eigenvalue weighted by atomic mass is 10.1. The molecule has 8 heteroatoms. The summed E-state index contributed by atoms with van der Waals surface area (Å²) in [6.07, 6.45) is 1.16. The van der Waals surface area contributed by atoms with Crippen molar-refractivity contribution >= 4 is 34.3 Å². The topological polar surface area (TPSA) is 117 Å². The number of carbonyl (C=O) groups excluding carboxylic acids is 1. The molecule has 0 radical (unpaired) electrons. The number of hydrogen-bond donors (Lipinski definition) is 3. The summed E-state index contributed by atoms with van der Waals surface area (Å²) in [5, 5.41) is 29.5. The van der Waals surface area contributed by atoms with Gasteiger partial charge in [-0.25, -0.2) is 5.43 Å². The van der Waals surface area contributed by atoms with Crippen molar-refractivity contribution in [3.63, 3.8) is 0 Å². The smallest absolute Gasteiger partial charge is 0.270 e. The van der Waals surface area contributed by atoms with Gasteiger partial charge in [0.05, 0.1) is 11.1 Å². The molecule has 8 nitrogen and oxygen atoms in total. The van der Waals surface area contributed by atoms with Gasteiger partial charge in [-0.15, -0.1) is 0 Å². The number of anilines is 1. The van der Waals surface area contributed by atoms with Gasteiger partial charge in [0, 0.05) is 23.4 Å². The molecule has 0 aliphatic carbocycles. The predicted octanol–water partition coefficient (Wildman–Crippen LogP) is 3.40. The Balaban J connectivity index is 1.63. The van der Waals surface area contributed by atoms with Crippen molar-refractivity contribution in [3.8, 4) is 5.75 Å². The van der Waals surface area contributed by atoms with Gasteiger partial charge in [-0.05, 0) is 35.9 Å². The van der Waals surface area contributed by atoms with Gasteiger partial charge in [0.1, 0.15) is 11.8 Å². The predicted molar refractivity (Wildman–Crippen MR) is 108 cm³/mol. The Labute approximate surface area is 160 Å². The van der Waals surface area contributed by atoms with Crippen molar-refractivity contribution < 1.29 is 14.8 Å². The Bertz CT molecular complexity index is 1070. The number of nitrogens with one attached hydrogen (secondary N) is 2. The normalized spacial score (nSPS) is 12.0. The molecule has 0 bridgehead atoms. The number of fused-ring (bicyclic) bond motifs is 1. The van der Waals surface area contributed by atoms with Crippen LogP contribution in [0.2, 0.25) is 0 Å². The molecule has 1 amide bonds. The minimum absolute atomic E-state index is 0.129. The summed E-state index contributed by atoms with van der Waals surface area (Å²) >= 11 is 0. The van der Waals surface area contributed by atoms with Crippen molar-refractivity contribution in [3.05, 3.63) is 76.3 Å². The average molecular weight is 378 g/mol. The molecular weight excluding hydrogens is 360 g/mol. The van der Waals surface area contributed by atoms with Crippen LogP contribution in [0.15, 0.2) is 65.8 Å².